The Morgan fingerprint density at radius 3 is 2.46 bits per heavy atom. The number of hydrogen-bond donors (Lipinski definition) is 0. The topological polar surface area (TPSA) is 29.5 Å². The molecule has 6 heteroatoms. The van der Waals surface area contributed by atoms with E-state index in [2.05, 4.69) is 6.58 Å². The van der Waals surface area contributed by atoms with Crippen LogP contribution in [0.25, 0.3) is 11.1 Å². The minimum absolute atomic E-state index is 0.137. The van der Waals surface area contributed by atoms with Crippen molar-refractivity contribution < 1.29 is 22.7 Å². The summed E-state index contributed by atoms with van der Waals surface area (Å²) in [5.74, 6) is 0.467. The van der Waals surface area contributed by atoms with E-state index in [0.29, 0.717) is 36.4 Å². The molecule has 1 aliphatic heterocycles. The van der Waals surface area contributed by atoms with Gasteiger partial charge in [0, 0.05) is 18.7 Å². The Kier molecular flexibility index (Phi) is 4.76. The lowest BCUT2D eigenvalue weighted by Crippen LogP contribution is -2.34. The molecule has 1 aliphatic rings. The smallest absolute Gasteiger partial charge is 0.416 e. The second-order valence-electron chi connectivity index (χ2n) is 6.11. The van der Waals surface area contributed by atoms with Gasteiger partial charge in [-0.15, -0.1) is 0 Å². The van der Waals surface area contributed by atoms with Crippen LogP contribution in [0.15, 0.2) is 49.1 Å². The van der Waals surface area contributed by atoms with Crippen molar-refractivity contribution in [3.63, 3.8) is 0 Å². The van der Waals surface area contributed by atoms with Gasteiger partial charge < -0.3 is 9.64 Å². The van der Waals surface area contributed by atoms with Crippen molar-refractivity contribution in [3.8, 4) is 16.9 Å². The summed E-state index contributed by atoms with van der Waals surface area (Å²) >= 11 is 0. The van der Waals surface area contributed by atoms with Crippen molar-refractivity contribution in [2.24, 2.45) is 0 Å². The Balaban J connectivity index is 2.00. The number of fused-ring (bicyclic) bond motifs is 1. The van der Waals surface area contributed by atoms with E-state index >= 15 is 0 Å². The Bertz CT molecular complexity index is 841. The molecule has 0 saturated carbocycles. The average molecular weight is 361 g/mol. The molecule has 0 radical (unpaired) electrons. The zero-order valence-corrected chi connectivity index (χ0v) is 14.3. The number of alkyl halides is 3. The summed E-state index contributed by atoms with van der Waals surface area (Å²) in [5, 5.41) is 0. The molecule has 1 heterocycles. The maximum atomic E-state index is 12.8. The molecule has 3 rings (SSSR count). The standard InChI is InChI=1S/C20H18F3NO2/c1-3-19(25)24-9-8-14-11-18(26-2)17(10-15(14)12-24)13-4-6-16(7-5-13)20(21,22)23/h3-7,10-11H,1,8-9,12H2,2H3. The van der Waals surface area contributed by atoms with Gasteiger partial charge in [0.2, 0.25) is 5.91 Å². The number of ether oxygens (including phenoxy) is 1. The quantitative estimate of drug-likeness (QED) is 0.756. The highest BCUT2D eigenvalue weighted by atomic mass is 19.4. The van der Waals surface area contributed by atoms with Gasteiger partial charge in [0.05, 0.1) is 12.7 Å². The third-order valence-corrected chi connectivity index (χ3v) is 4.54. The van der Waals surface area contributed by atoms with Crippen molar-refractivity contribution in [1.29, 1.82) is 0 Å². The first-order valence-electron chi connectivity index (χ1n) is 8.12. The first-order valence-corrected chi connectivity index (χ1v) is 8.12. The van der Waals surface area contributed by atoms with Crippen LogP contribution in [0.1, 0.15) is 16.7 Å². The molecule has 2 aromatic carbocycles. The molecule has 136 valence electrons. The van der Waals surface area contributed by atoms with Crippen LogP contribution in [0.2, 0.25) is 0 Å². The highest BCUT2D eigenvalue weighted by Crippen LogP contribution is 2.37. The molecular weight excluding hydrogens is 343 g/mol. The fourth-order valence-corrected chi connectivity index (χ4v) is 3.14. The SMILES string of the molecule is C=CC(=O)N1CCc2cc(OC)c(-c3ccc(C(F)(F)F)cc3)cc2C1. The Hall–Kier alpha value is -2.76. The van der Waals surface area contributed by atoms with E-state index in [0.717, 1.165) is 23.3 Å². The van der Waals surface area contributed by atoms with Crippen LogP contribution in [0, 0.1) is 0 Å². The maximum absolute atomic E-state index is 12.8. The molecule has 1 amide bonds. The van der Waals surface area contributed by atoms with Crippen LogP contribution >= 0.6 is 0 Å². The molecule has 26 heavy (non-hydrogen) atoms. The van der Waals surface area contributed by atoms with Gasteiger partial charge in [-0.1, -0.05) is 18.7 Å². The number of halogens is 3. The zero-order valence-electron chi connectivity index (χ0n) is 14.3. The summed E-state index contributed by atoms with van der Waals surface area (Å²) < 4.78 is 43.8. The van der Waals surface area contributed by atoms with Gasteiger partial charge in [0.1, 0.15) is 5.75 Å². The fourth-order valence-electron chi connectivity index (χ4n) is 3.14. The number of carbonyl (C=O) groups is 1. The molecule has 0 aliphatic carbocycles. The lowest BCUT2D eigenvalue weighted by molar-refractivity contribution is -0.137. The molecule has 0 fully saturated rings. The summed E-state index contributed by atoms with van der Waals surface area (Å²) in [6.45, 7) is 4.55. The third-order valence-electron chi connectivity index (χ3n) is 4.54. The van der Waals surface area contributed by atoms with E-state index in [1.54, 1.807) is 4.90 Å². The molecule has 0 N–H and O–H groups in total. The Morgan fingerprint density at radius 2 is 1.88 bits per heavy atom. The average Bonchev–Trinajstić information content (AvgIpc) is 2.65. The molecule has 3 nitrogen and oxygen atoms in total. The minimum atomic E-state index is -4.37. The molecule has 0 spiro atoms. The predicted molar refractivity (Wildman–Crippen MR) is 92.8 cm³/mol. The largest absolute Gasteiger partial charge is 0.496 e. The van der Waals surface area contributed by atoms with Gasteiger partial charge in [0.25, 0.3) is 0 Å². The first-order chi connectivity index (χ1) is 12.3. The van der Waals surface area contributed by atoms with Crippen LogP contribution in [-0.2, 0) is 23.9 Å². The van der Waals surface area contributed by atoms with Crippen LogP contribution in [-0.4, -0.2) is 24.5 Å². The van der Waals surface area contributed by atoms with E-state index in [4.69, 9.17) is 4.74 Å². The van der Waals surface area contributed by atoms with E-state index in [1.807, 2.05) is 12.1 Å². The van der Waals surface area contributed by atoms with Gasteiger partial charge in [-0.2, -0.15) is 13.2 Å². The number of amides is 1. The van der Waals surface area contributed by atoms with Crippen molar-refractivity contribution in [1.82, 2.24) is 4.90 Å². The molecule has 0 aromatic heterocycles. The third kappa shape index (κ3) is 3.45. The molecule has 0 unspecified atom stereocenters. The normalized spacial score (nSPS) is 13.9. The number of benzene rings is 2. The summed E-state index contributed by atoms with van der Waals surface area (Å²) in [4.78, 5) is 13.6. The predicted octanol–water partition coefficient (Wildman–Crippen LogP) is 4.45. The van der Waals surface area contributed by atoms with Crippen LogP contribution < -0.4 is 4.74 Å². The van der Waals surface area contributed by atoms with Crippen LogP contribution in [0.3, 0.4) is 0 Å². The molecule has 0 bridgehead atoms. The lowest BCUT2D eigenvalue weighted by Gasteiger charge is -2.29. The monoisotopic (exact) mass is 361 g/mol. The van der Waals surface area contributed by atoms with Gasteiger partial charge in [-0.05, 0) is 53.5 Å². The van der Waals surface area contributed by atoms with Crippen molar-refractivity contribution in [2.75, 3.05) is 13.7 Å². The molecule has 0 atom stereocenters. The number of rotatable bonds is 3. The Morgan fingerprint density at radius 1 is 1.19 bits per heavy atom. The van der Waals surface area contributed by atoms with E-state index in [-0.39, 0.29) is 5.91 Å². The lowest BCUT2D eigenvalue weighted by atomic mass is 9.93. The summed E-state index contributed by atoms with van der Waals surface area (Å²) in [6, 6.07) is 8.77. The van der Waals surface area contributed by atoms with Gasteiger partial charge >= 0.3 is 6.18 Å². The second-order valence-corrected chi connectivity index (χ2v) is 6.11. The molecular formula is C20H18F3NO2. The van der Waals surface area contributed by atoms with Crippen molar-refractivity contribution in [3.05, 3.63) is 65.7 Å². The van der Waals surface area contributed by atoms with E-state index in [1.165, 1.54) is 25.3 Å². The minimum Gasteiger partial charge on any atom is -0.496 e. The highest BCUT2D eigenvalue weighted by molar-refractivity contribution is 5.87. The zero-order chi connectivity index (χ0) is 18.9. The number of carbonyl (C=O) groups excluding carboxylic acids is 1. The van der Waals surface area contributed by atoms with Gasteiger partial charge in [-0.3, -0.25) is 4.79 Å². The van der Waals surface area contributed by atoms with Crippen LogP contribution in [0.4, 0.5) is 13.2 Å². The van der Waals surface area contributed by atoms with Crippen molar-refractivity contribution >= 4 is 5.91 Å². The summed E-state index contributed by atoms with van der Waals surface area (Å²) in [5.41, 5.74) is 2.67. The summed E-state index contributed by atoms with van der Waals surface area (Å²) in [6.07, 6.45) is -2.39. The van der Waals surface area contributed by atoms with Gasteiger partial charge in [-0.25, -0.2) is 0 Å². The van der Waals surface area contributed by atoms with Crippen LogP contribution in [0.5, 0.6) is 5.75 Å². The second kappa shape index (κ2) is 6.86. The number of nitrogens with zero attached hydrogens (tertiary/aromatic N) is 1. The number of methoxy groups -OCH3 is 1. The van der Waals surface area contributed by atoms with Gasteiger partial charge in [0.15, 0.2) is 0 Å². The fraction of sp³-hybridized carbons (Fsp3) is 0.250. The molecule has 2 aromatic rings. The van der Waals surface area contributed by atoms with Crippen molar-refractivity contribution in [2.45, 2.75) is 19.1 Å². The first kappa shape index (κ1) is 18.0. The highest BCUT2D eigenvalue weighted by Gasteiger charge is 2.30. The molecule has 0 saturated heterocycles. The van der Waals surface area contributed by atoms with E-state index in [9.17, 15) is 18.0 Å². The Labute approximate surface area is 149 Å². The number of hydrogen-bond acceptors (Lipinski definition) is 2. The summed E-state index contributed by atoms with van der Waals surface area (Å²) in [7, 11) is 1.53. The van der Waals surface area contributed by atoms with E-state index < -0.39 is 11.7 Å². The maximum Gasteiger partial charge on any atom is 0.416 e.